The summed E-state index contributed by atoms with van der Waals surface area (Å²) in [6.45, 7) is 5.09. The van der Waals surface area contributed by atoms with Crippen molar-refractivity contribution in [1.82, 2.24) is 0 Å². The van der Waals surface area contributed by atoms with Crippen molar-refractivity contribution in [2.75, 3.05) is 20.8 Å². The van der Waals surface area contributed by atoms with E-state index in [-0.39, 0.29) is 0 Å². The minimum atomic E-state index is 0.469. The molecule has 0 aliphatic carbocycles. The summed E-state index contributed by atoms with van der Waals surface area (Å²) in [6.07, 6.45) is 0.925. The molecule has 0 aromatic heterocycles. The van der Waals surface area contributed by atoms with E-state index < -0.39 is 0 Å². The maximum atomic E-state index is 5.81. The first-order valence-electron chi connectivity index (χ1n) is 6.03. The van der Waals surface area contributed by atoms with E-state index in [9.17, 15) is 0 Å². The van der Waals surface area contributed by atoms with Crippen molar-refractivity contribution in [3.63, 3.8) is 0 Å². The van der Waals surface area contributed by atoms with Gasteiger partial charge in [-0.05, 0) is 48.6 Å². The molecule has 3 heteroatoms. The predicted octanol–water partition coefficient (Wildman–Crippen LogP) is 2.48. The van der Waals surface area contributed by atoms with E-state index in [1.165, 1.54) is 0 Å². The van der Waals surface area contributed by atoms with Gasteiger partial charge in [0.15, 0.2) is 0 Å². The van der Waals surface area contributed by atoms with E-state index >= 15 is 0 Å². The Bertz CT molecular complexity index is 350. The van der Waals surface area contributed by atoms with Crippen molar-refractivity contribution in [2.45, 2.75) is 20.3 Å². The Balaban J connectivity index is 2.93. The van der Waals surface area contributed by atoms with Crippen LogP contribution in [0.5, 0.6) is 11.5 Å². The third-order valence-corrected chi connectivity index (χ3v) is 3.22. The Kier molecular flexibility index (Phi) is 5.29. The predicted molar refractivity (Wildman–Crippen MR) is 70.6 cm³/mol. The van der Waals surface area contributed by atoms with Gasteiger partial charge in [-0.1, -0.05) is 13.8 Å². The number of benzene rings is 1. The molecule has 0 aliphatic heterocycles. The second-order valence-corrected chi connectivity index (χ2v) is 4.62. The highest BCUT2D eigenvalue weighted by Crippen LogP contribution is 2.28. The molecule has 1 aromatic carbocycles. The van der Waals surface area contributed by atoms with Gasteiger partial charge in [0.05, 0.1) is 14.2 Å². The Morgan fingerprint density at radius 3 is 2.35 bits per heavy atom. The maximum absolute atomic E-state index is 5.81. The Hall–Kier alpha value is -1.22. The summed E-state index contributed by atoms with van der Waals surface area (Å²) in [6, 6.07) is 5.89. The second kappa shape index (κ2) is 6.50. The van der Waals surface area contributed by atoms with E-state index in [1.807, 2.05) is 18.2 Å². The number of nitrogens with two attached hydrogens (primary N) is 1. The fraction of sp³-hybridized carbons (Fsp3) is 0.571. The molecule has 0 heterocycles. The van der Waals surface area contributed by atoms with E-state index in [1.54, 1.807) is 14.2 Å². The molecule has 0 bridgehead atoms. The van der Waals surface area contributed by atoms with Gasteiger partial charge in [-0.15, -0.1) is 0 Å². The highest BCUT2D eigenvalue weighted by atomic mass is 16.5. The van der Waals surface area contributed by atoms with Gasteiger partial charge in [-0.25, -0.2) is 0 Å². The molecule has 1 aromatic rings. The first kappa shape index (κ1) is 13.8. The fourth-order valence-electron chi connectivity index (χ4n) is 1.92. The van der Waals surface area contributed by atoms with Gasteiger partial charge < -0.3 is 15.2 Å². The largest absolute Gasteiger partial charge is 0.497 e. The van der Waals surface area contributed by atoms with E-state index in [0.717, 1.165) is 23.5 Å². The summed E-state index contributed by atoms with van der Waals surface area (Å²) in [5.41, 5.74) is 6.97. The molecular weight excluding hydrogens is 214 g/mol. The number of rotatable bonds is 6. The van der Waals surface area contributed by atoms with Crippen LogP contribution in [-0.2, 0) is 6.42 Å². The van der Waals surface area contributed by atoms with Crippen molar-refractivity contribution in [1.29, 1.82) is 0 Å². The highest BCUT2D eigenvalue weighted by Gasteiger charge is 2.15. The van der Waals surface area contributed by atoms with Gasteiger partial charge in [-0.2, -0.15) is 0 Å². The molecule has 1 unspecified atom stereocenters. The molecule has 3 nitrogen and oxygen atoms in total. The van der Waals surface area contributed by atoms with Gasteiger partial charge in [0.2, 0.25) is 0 Å². The van der Waals surface area contributed by atoms with Crippen molar-refractivity contribution in [3.8, 4) is 11.5 Å². The van der Waals surface area contributed by atoms with E-state index in [0.29, 0.717) is 18.4 Å². The molecule has 0 radical (unpaired) electrons. The molecule has 0 amide bonds. The van der Waals surface area contributed by atoms with Crippen LogP contribution in [-0.4, -0.2) is 20.8 Å². The third-order valence-electron chi connectivity index (χ3n) is 3.22. The summed E-state index contributed by atoms with van der Waals surface area (Å²) in [5.74, 6) is 2.80. The minimum absolute atomic E-state index is 0.469. The van der Waals surface area contributed by atoms with Crippen LogP contribution >= 0.6 is 0 Å². The van der Waals surface area contributed by atoms with Crippen molar-refractivity contribution >= 4 is 0 Å². The lowest BCUT2D eigenvalue weighted by atomic mass is 9.89. The molecule has 1 atom stereocenters. The first-order chi connectivity index (χ1) is 8.12. The minimum Gasteiger partial charge on any atom is -0.497 e. The summed E-state index contributed by atoms with van der Waals surface area (Å²) in [7, 11) is 3.37. The quantitative estimate of drug-likeness (QED) is 0.826. The van der Waals surface area contributed by atoms with Gasteiger partial charge in [0.1, 0.15) is 11.5 Å². The highest BCUT2D eigenvalue weighted by molar-refractivity contribution is 5.40. The number of ether oxygens (including phenoxy) is 2. The second-order valence-electron chi connectivity index (χ2n) is 4.62. The van der Waals surface area contributed by atoms with Crippen LogP contribution in [0.1, 0.15) is 19.4 Å². The molecule has 0 spiro atoms. The average Bonchev–Trinajstić information content (AvgIpc) is 2.35. The summed E-state index contributed by atoms with van der Waals surface area (Å²) in [5, 5.41) is 0. The Morgan fingerprint density at radius 2 is 1.88 bits per heavy atom. The first-order valence-corrected chi connectivity index (χ1v) is 6.03. The SMILES string of the molecule is COc1ccc(OC)c(CC(CN)C(C)C)c1. The third kappa shape index (κ3) is 3.63. The zero-order valence-corrected chi connectivity index (χ0v) is 11.2. The lowest BCUT2D eigenvalue weighted by Gasteiger charge is -2.20. The molecule has 0 aliphatic rings. The summed E-state index contributed by atoms with van der Waals surface area (Å²) >= 11 is 0. The topological polar surface area (TPSA) is 44.5 Å². The molecular formula is C14H23NO2. The molecule has 17 heavy (non-hydrogen) atoms. The smallest absolute Gasteiger partial charge is 0.122 e. The van der Waals surface area contributed by atoms with Crippen LogP contribution in [0, 0.1) is 11.8 Å². The zero-order chi connectivity index (χ0) is 12.8. The van der Waals surface area contributed by atoms with Crippen LogP contribution < -0.4 is 15.2 Å². The lowest BCUT2D eigenvalue weighted by Crippen LogP contribution is -2.22. The molecule has 0 fully saturated rings. The number of hydrogen-bond donors (Lipinski definition) is 1. The van der Waals surface area contributed by atoms with Gasteiger partial charge in [-0.3, -0.25) is 0 Å². The van der Waals surface area contributed by atoms with Gasteiger partial charge in [0, 0.05) is 0 Å². The van der Waals surface area contributed by atoms with Crippen LogP contribution in [0.2, 0.25) is 0 Å². The lowest BCUT2D eigenvalue weighted by molar-refractivity contribution is 0.369. The van der Waals surface area contributed by atoms with E-state index in [4.69, 9.17) is 15.2 Å². The van der Waals surface area contributed by atoms with E-state index in [2.05, 4.69) is 13.8 Å². The standard InChI is InChI=1S/C14H23NO2/c1-10(2)12(9-15)7-11-8-13(16-3)5-6-14(11)17-4/h5-6,8,10,12H,7,9,15H2,1-4H3. The molecule has 96 valence electrons. The monoisotopic (exact) mass is 237 g/mol. The molecule has 1 rings (SSSR count). The molecule has 0 saturated carbocycles. The number of methoxy groups -OCH3 is 2. The summed E-state index contributed by atoms with van der Waals surface area (Å²) in [4.78, 5) is 0. The van der Waals surface area contributed by atoms with Crippen LogP contribution in [0.15, 0.2) is 18.2 Å². The van der Waals surface area contributed by atoms with Crippen molar-refractivity contribution < 1.29 is 9.47 Å². The van der Waals surface area contributed by atoms with Crippen molar-refractivity contribution in [2.24, 2.45) is 17.6 Å². The van der Waals surface area contributed by atoms with Crippen LogP contribution in [0.25, 0.3) is 0 Å². The maximum Gasteiger partial charge on any atom is 0.122 e. The number of hydrogen-bond acceptors (Lipinski definition) is 3. The Morgan fingerprint density at radius 1 is 1.18 bits per heavy atom. The Labute approximate surface area is 104 Å². The average molecular weight is 237 g/mol. The van der Waals surface area contributed by atoms with Crippen LogP contribution in [0.4, 0.5) is 0 Å². The normalized spacial score (nSPS) is 12.6. The zero-order valence-electron chi connectivity index (χ0n) is 11.2. The molecule has 2 N–H and O–H groups in total. The van der Waals surface area contributed by atoms with Crippen molar-refractivity contribution in [3.05, 3.63) is 23.8 Å². The van der Waals surface area contributed by atoms with Crippen LogP contribution in [0.3, 0.4) is 0 Å². The summed E-state index contributed by atoms with van der Waals surface area (Å²) < 4.78 is 10.6. The van der Waals surface area contributed by atoms with Gasteiger partial charge in [0.25, 0.3) is 0 Å². The fourth-order valence-corrected chi connectivity index (χ4v) is 1.92. The molecule has 0 saturated heterocycles. The van der Waals surface area contributed by atoms with Gasteiger partial charge >= 0.3 is 0 Å².